The smallest absolute Gasteiger partial charge is 0.280 e. The molecule has 0 aromatic rings. The first-order valence-corrected chi connectivity index (χ1v) is 41.5. The minimum Gasteiger partial charge on any atom is -0.394 e. The Labute approximate surface area is 662 Å². The number of morpholine rings is 1. The van der Waals surface area contributed by atoms with Gasteiger partial charge in [-0.05, 0) is 26.2 Å². The topological polar surface area (TPSA) is 562 Å². The van der Waals surface area contributed by atoms with E-state index in [0.29, 0.717) is 12.8 Å². The number of nitrogens with one attached hydrogen (secondary N) is 3. The van der Waals surface area contributed by atoms with Crippen LogP contribution in [0.4, 0.5) is 0 Å². The van der Waals surface area contributed by atoms with E-state index in [-0.39, 0.29) is 12.3 Å². The fourth-order valence-electron chi connectivity index (χ4n) is 15.8. The molecule has 8 aliphatic heterocycles. The van der Waals surface area contributed by atoms with Gasteiger partial charge in [-0.2, -0.15) is 0 Å². The van der Waals surface area contributed by atoms with Crippen molar-refractivity contribution in [3.05, 3.63) is 12.2 Å². The zero-order chi connectivity index (χ0) is 82.5. The highest BCUT2D eigenvalue weighted by molar-refractivity contribution is 5.86. The Morgan fingerprint density at radius 2 is 0.965 bits per heavy atom. The fraction of sp³-hybridized carbons (Fsp3) is 0.935. The zero-order valence-electron chi connectivity index (χ0n) is 66.1. The predicted molar refractivity (Wildman–Crippen MR) is 396 cm³/mol. The highest BCUT2D eigenvalue weighted by Gasteiger charge is 2.64. The fourth-order valence-corrected chi connectivity index (χ4v) is 15.8. The molecule has 0 radical (unpaired) electrons. The molecule has 8 rings (SSSR count). The highest BCUT2D eigenvalue weighted by Crippen LogP contribution is 2.43. The van der Waals surface area contributed by atoms with E-state index < -0.39 is 260 Å². The summed E-state index contributed by atoms with van der Waals surface area (Å²) >= 11 is 0. The van der Waals surface area contributed by atoms with Crippen LogP contribution in [0.3, 0.4) is 0 Å². The third-order valence-corrected chi connectivity index (χ3v) is 22.6. The molecule has 113 heavy (non-hydrogen) atoms. The van der Waals surface area contributed by atoms with Crippen LogP contribution in [-0.2, 0) is 71.2 Å². The molecule has 8 saturated heterocycles. The average molecular weight is 1630 g/mol. The number of aliphatic hydroxyl groups is 18. The summed E-state index contributed by atoms with van der Waals surface area (Å²) in [5, 5.41) is 209. The van der Waals surface area contributed by atoms with Gasteiger partial charge in [0.15, 0.2) is 31.5 Å². The van der Waals surface area contributed by atoms with Crippen molar-refractivity contribution in [2.24, 2.45) is 0 Å². The highest BCUT2D eigenvalue weighted by atomic mass is 16.8. The van der Waals surface area contributed by atoms with Crippen LogP contribution in [0.5, 0.6) is 0 Å². The summed E-state index contributed by atoms with van der Waals surface area (Å²) < 4.78 is 72.7. The average Bonchev–Trinajstić information content (AvgIpc) is 0.730. The van der Waals surface area contributed by atoms with Crippen molar-refractivity contribution in [2.75, 3.05) is 39.6 Å². The van der Waals surface area contributed by atoms with Crippen molar-refractivity contribution < 1.29 is 163 Å². The van der Waals surface area contributed by atoms with Crippen molar-refractivity contribution in [3.8, 4) is 0 Å². The minimum absolute atomic E-state index is 0.163. The Morgan fingerprint density at radius 3 is 1.50 bits per heavy atom. The molecule has 658 valence electrons. The molecule has 8 fully saturated rings. The molecule has 21 N–H and O–H groups in total. The van der Waals surface area contributed by atoms with E-state index in [9.17, 15) is 106 Å². The molecule has 0 saturated carbocycles. The van der Waals surface area contributed by atoms with Crippen LogP contribution in [0, 0.1) is 0 Å². The number of fused-ring (bicyclic) bond motifs is 3. The van der Waals surface area contributed by atoms with Crippen LogP contribution in [-0.4, -0.2) is 351 Å². The van der Waals surface area contributed by atoms with Crippen molar-refractivity contribution in [2.45, 2.75) is 416 Å². The van der Waals surface area contributed by atoms with Gasteiger partial charge < -0.3 is 165 Å². The first kappa shape index (κ1) is 97.1. The molecule has 8 heterocycles. The third kappa shape index (κ3) is 27.5. The molecule has 0 aliphatic carbocycles. The van der Waals surface area contributed by atoms with Gasteiger partial charge in [-0.25, -0.2) is 0 Å². The molecule has 2 bridgehead atoms. The Kier molecular flexibility index (Phi) is 42.6. The van der Waals surface area contributed by atoms with Crippen LogP contribution in [0.1, 0.15) is 214 Å². The second kappa shape index (κ2) is 49.6. The number of allylic oxidation sites excluding steroid dienone is 1. The zero-order valence-corrected chi connectivity index (χ0v) is 66.1. The van der Waals surface area contributed by atoms with E-state index in [1.165, 1.54) is 116 Å². The van der Waals surface area contributed by atoms with Gasteiger partial charge >= 0.3 is 0 Å². The number of aliphatic hydroxyl groups excluding tert-OH is 18. The van der Waals surface area contributed by atoms with Crippen molar-refractivity contribution in [1.82, 2.24) is 16.0 Å². The quantitative estimate of drug-likeness (QED) is 0.0225. The molecule has 8 aliphatic rings. The van der Waals surface area contributed by atoms with Gasteiger partial charge in [0.05, 0.1) is 70.0 Å². The van der Waals surface area contributed by atoms with Gasteiger partial charge in [0.1, 0.15) is 134 Å². The van der Waals surface area contributed by atoms with E-state index in [2.05, 4.69) is 29.8 Å². The van der Waals surface area contributed by atoms with Gasteiger partial charge in [0.25, 0.3) is 11.7 Å². The largest absolute Gasteiger partial charge is 0.394 e. The van der Waals surface area contributed by atoms with Crippen LogP contribution in [0.25, 0.3) is 0 Å². The van der Waals surface area contributed by atoms with E-state index in [1.54, 1.807) is 6.08 Å². The van der Waals surface area contributed by atoms with E-state index in [4.69, 9.17) is 56.8 Å². The third-order valence-electron chi connectivity index (χ3n) is 22.6. The minimum atomic E-state index is -2.69. The molecule has 0 spiro atoms. The van der Waals surface area contributed by atoms with Gasteiger partial charge in [-0.3, -0.25) is 14.4 Å². The standard InChI is InChI=1S/C77H137N3O33/c1-5-7-9-11-13-15-17-19-20-22-24-26-28-30-32-34-52(90)79-44(45(87)33-31-29-27-25-23-21-18-16-14-12-10-8-6-2)41-102-72-62(98)60(96)65(50(39-84)107-72)108-74-63(99)69(57(93)48(37-82)104-74)111-71-54(78-43(4)86)68(110-73-61(97)59(95)55(91)42(3)103-73)66(51(40-85)106-71)109-75-64(100)70(58(94)49(38-83)105-75)113-77-35-46(88)53(80-76(77)101)67(112-77)56(92)47(89)36-81/h31,33,42,44-51,53-75,81-85,87-89,91-100H,5-30,32,34-41H2,1-4H3,(H,78,86)(H,79,90)(H,80,101)/b33-31+/t42-,44-,45+,46-,47+,48+,49+,50+,51+,53+,54+,55+,56+,57-,58-,59+,60+,61-,62+,63+,64+,65+,66+,67+,68+,69-,70-,71-,72+,73-,74-,75-,77-/m0/s1. The van der Waals surface area contributed by atoms with E-state index in [0.717, 1.165) is 58.3 Å². The Morgan fingerprint density at radius 1 is 0.513 bits per heavy atom. The number of ether oxygens (including phenoxy) is 12. The lowest BCUT2D eigenvalue weighted by Gasteiger charge is -2.55. The summed E-state index contributed by atoms with van der Waals surface area (Å²) in [7, 11) is 0. The molecular formula is C77H137N3O33. The molecule has 36 heteroatoms. The SMILES string of the molecule is CCCCCCCCCCCCC/C=C/[C@@H](O)[C@H](CO[C@@H]1O[C@H](CO)[C@@H](O[C@@H]2O[C@H](CO)[C@H](O)[C@H](O[C@@H]3O[C@H](CO)[C@@H](O[C@@H]4O[C@H](CO)[C@H](O)[C@H](O[C@@]56C[C@H](O)[C@@H](NC5=O)[C@H]([C@H](O)[C@H](O)CO)O6)[C@H]4O)[C@H](O[C@@H]4O[C@@H](C)[C@@H](O)[C@@H](O)[C@@H]4O)[C@H]3NC(C)=O)[C@H]2O)[C@H](O)[C@H]1O)NC(=O)CCCCCCCCCCCCCCCCC. The van der Waals surface area contributed by atoms with Gasteiger partial charge in [0.2, 0.25) is 11.8 Å². The normalized spacial score (nSPS) is 37.9. The Bertz CT molecular complexity index is 2710. The number of hydrogen-bond donors (Lipinski definition) is 21. The Balaban J connectivity index is 1.05. The molecule has 36 nitrogen and oxygen atoms in total. The van der Waals surface area contributed by atoms with Gasteiger partial charge in [0, 0.05) is 19.8 Å². The number of piperidine rings is 1. The molecule has 0 aromatic carbocycles. The lowest BCUT2D eigenvalue weighted by atomic mass is 9.84. The van der Waals surface area contributed by atoms with Crippen LogP contribution >= 0.6 is 0 Å². The second-order valence-electron chi connectivity index (χ2n) is 31.5. The van der Waals surface area contributed by atoms with E-state index >= 15 is 0 Å². The molecule has 3 amide bonds. The maximum absolute atomic E-state index is 13.7. The number of amides is 3. The number of hydrogen-bond acceptors (Lipinski definition) is 33. The van der Waals surface area contributed by atoms with Crippen LogP contribution in [0.15, 0.2) is 12.2 Å². The lowest BCUT2D eigenvalue weighted by molar-refractivity contribution is -0.400. The van der Waals surface area contributed by atoms with E-state index in [1.807, 2.05) is 6.08 Å². The number of carbonyl (C=O) groups excluding carboxylic acids is 3. The molecule has 0 unspecified atom stereocenters. The maximum Gasteiger partial charge on any atom is 0.280 e. The maximum atomic E-state index is 13.7. The van der Waals surface area contributed by atoms with Crippen LogP contribution < -0.4 is 16.0 Å². The molecule has 0 aromatic heterocycles. The Hall–Kier alpha value is -3.05. The van der Waals surface area contributed by atoms with Crippen molar-refractivity contribution in [1.29, 1.82) is 0 Å². The summed E-state index contributed by atoms with van der Waals surface area (Å²) in [5.74, 6) is -5.07. The monoisotopic (exact) mass is 1630 g/mol. The summed E-state index contributed by atoms with van der Waals surface area (Å²) in [5.41, 5.74) is 0. The van der Waals surface area contributed by atoms with Crippen molar-refractivity contribution in [3.63, 3.8) is 0 Å². The number of rotatable bonds is 52. The summed E-state index contributed by atoms with van der Waals surface area (Å²) in [4.78, 5) is 40.8. The summed E-state index contributed by atoms with van der Waals surface area (Å²) in [6.45, 7) is 0.990. The number of carbonyl (C=O) groups is 3. The first-order chi connectivity index (χ1) is 54.2. The predicted octanol–water partition coefficient (Wildman–Crippen LogP) is -2.28. The second-order valence-corrected chi connectivity index (χ2v) is 31.5. The van der Waals surface area contributed by atoms with Gasteiger partial charge in [-0.1, -0.05) is 180 Å². The summed E-state index contributed by atoms with van der Waals surface area (Å²) in [6.07, 6.45) is -22.3. The molecule has 33 atom stereocenters. The molecular weight excluding hydrogens is 1490 g/mol. The first-order valence-electron chi connectivity index (χ1n) is 41.5. The lowest BCUT2D eigenvalue weighted by Crippen LogP contribution is -2.77. The van der Waals surface area contributed by atoms with Crippen LogP contribution in [0.2, 0.25) is 0 Å². The number of unbranched alkanes of at least 4 members (excludes halogenated alkanes) is 25. The van der Waals surface area contributed by atoms with Crippen molar-refractivity contribution >= 4 is 17.7 Å². The summed E-state index contributed by atoms with van der Waals surface area (Å²) in [6, 6.07) is -4.38. The van der Waals surface area contributed by atoms with Gasteiger partial charge in [-0.15, -0.1) is 0 Å².